The van der Waals surface area contributed by atoms with Crippen LogP contribution in [-0.4, -0.2) is 25.3 Å². The average molecular weight is 167 g/mol. The van der Waals surface area contributed by atoms with Crippen molar-refractivity contribution in [3.63, 3.8) is 0 Å². The maximum atomic E-state index is 5.35. The van der Waals surface area contributed by atoms with Crippen molar-refractivity contribution in [3.8, 4) is 12.3 Å². The Kier molecular flexibility index (Phi) is 4.13. The van der Waals surface area contributed by atoms with Gasteiger partial charge in [0.1, 0.15) is 0 Å². The van der Waals surface area contributed by atoms with Crippen LogP contribution in [0, 0.1) is 12.3 Å². The third-order valence-electron chi connectivity index (χ3n) is 2.21. The summed E-state index contributed by atoms with van der Waals surface area (Å²) in [7, 11) is 0. The molecule has 2 unspecified atom stereocenters. The lowest BCUT2D eigenvalue weighted by atomic mass is 10.1. The zero-order valence-electron chi connectivity index (χ0n) is 7.68. The van der Waals surface area contributed by atoms with Crippen molar-refractivity contribution < 1.29 is 4.74 Å². The van der Waals surface area contributed by atoms with Gasteiger partial charge in [-0.2, -0.15) is 0 Å². The minimum Gasteiger partial charge on any atom is -0.380 e. The molecule has 0 aliphatic carbocycles. The van der Waals surface area contributed by atoms with Gasteiger partial charge in [-0.1, -0.05) is 12.8 Å². The fourth-order valence-corrected chi connectivity index (χ4v) is 1.44. The molecule has 1 fully saturated rings. The Morgan fingerprint density at radius 3 is 3.08 bits per heavy atom. The normalized spacial score (nSPS) is 26.2. The molecule has 1 aliphatic heterocycles. The lowest BCUT2D eigenvalue weighted by Crippen LogP contribution is -2.42. The molecule has 2 atom stereocenters. The Morgan fingerprint density at radius 1 is 1.75 bits per heavy atom. The molecule has 1 rings (SSSR count). The van der Waals surface area contributed by atoms with Gasteiger partial charge in [-0.25, -0.2) is 0 Å². The number of rotatable bonds is 3. The third kappa shape index (κ3) is 2.84. The van der Waals surface area contributed by atoms with Gasteiger partial charge in [-0.15, -0.1) is 6.42 Å². The topological polar surface area (TPSA) is 21.3 Å². The highest BCUT2D eigenvalue weighted by molar-refractivity contribution is 4.99. The molecule has 0 bridgehead atoms. The van der Waals surface area contributed by atoms with Gasteiger partial charge < -0.3 is 4.74 Å². The first-order chi connectivity index (χ1) is 5.86. The van der Waals surface area contributed by atoms with Crippen molar-refractivity contribution in [1.82, 2.24) is 5.32 Å². The van der Waals surface area contributed by atoms with E-state index in [0.29, 0.717) is 6.04 Å². The fourth-order valence-electron chi connectivity index (χ4n) is 1.44. The van der Waals surface area contributed by atoms with E-state index in [1.54, 1.807) is 0 Å². The smallest absolute Gasteiger partial charge is 0.0687 e. The molecular weight excluding hydrogens is 150 g/mol. The second kappa shape index (κ2) is 5.18. The highest BCUT2D eigenvalue weighted by atomic mass is 16.5. The maximum absolute atomic E-state index is 5.35. The van der Waals surface area contributed by atoms with Crippen LogP contribution in [0.1, 0.15) is 26.2 Å². The molecule has 0 saturated carbocycles. The second-order valence-corrected chi connectivity index (χ2v) is 3.21. The SMILES string of the molecule is C#CC(CC)NC1CCCOC1. The van der Waals surface area contributed by atoms with Crippen molar-refractivity contribution in [1.29, 1.82) is 0 Å². The van der Waals surface area contributed by atoms with Gasteiger partial charge in [0, 0.05) is 12.6 Å². The monoisotopic (exact) mass is 167 g/mol. The number of ether oxygens (including phenoxy) is 1. The summed E-state index contributed by atoms with van der Waals surface area (Å²) in [6.07, 6.45) is 8.68. The minimum atomic E-state index is 0.219. The van der Waals surface area contributed by atoms with Crippen LogP contribution in [0.15, 0.2) is 0 Å². The molecule has 2 nitrogen and oxygen atoms in total. The first kappa shape index (κ1) is 9.57. The van der Waals surface area contributed by atoms with Crippen LogP contribution in [0.5, 0.6) is 0 Å². The molecule has 0 radical (unpaired) electrons. The number of hydrogen-bond donors (Lipinski definition) is 1. The molecule has 0 aromatic rings. The molecule has 12 heavy (non-hydrogen) atoms. The molecule has 0 aromatic heterocycles. The lowest BCUT2D eigenvalue weighted by molar-refractivity contribution is 0.0684. The largest absolute Gasteiger partial charge is 0.380 e. The Morgan fingerprint density at radius 2 is 2.58 bits per heavy atom. The standard InChI is InChI=1S/C10H17NO/c1-3-9(4-2)11-10-6-5-7-12-8-10/h1,9-11H,4-8H2,2H3. The Labute approximate surface area is 74.7 Å². The summed E-state index contributed by atoms with van der Waals surface area (Å²) in [4.78, 5) is 0. The van der Waals surface area contributed by atoms with Gasteiger partial charge in [-0.3, -0.25) is 5.32 Å². The molecule has 1 aliphatic rings. The van der Waals surface area contributed by atoms with E-state index in [9.17, 15) is 0 Å². The summed E-state index contributed by atoms with van der Waals surface area (Å²) in [6, 6.07) is 0.691. The molecule has 0 aromatic carbocycles. The number of nitrogens with one attached hydrogen (secondary N) is 1. The van der Waals surface area contributed by atoms with Crippen LogP contribution in [0.2, 0.25) is 0 Å². The lowest BCUT2D eigenvalue weighted by Gasteiger charge is -2.25. The Hall–Kier alpha value is -0.520. The second-order valence-electron chi connectivity index (χ2n) is 3.21. The van der Waals surface area contributed by atoms with E-state index in [4.69, 9.17) is 11.2 Å². The van der Waals surface area contributed by atoms with Gasteiger partial charge in [0.2, 0.25) is 0 Å². The molecule has 0 amide bonds. The molecule has 2 heteroatoms. The number of hydrogen-bond acceptors (Lipinski definition) is 2. The summed E-state index contributed by atoms with van der Waals surface area (Å²) < 4.78 is 5.34. The number of terminal acetylenes is 1. The summed E-state index contributed by atoms with van der Waals surface area (Å²) in [6.45, 7) is 3.82. The van der Waals surface area contributed by atoms with Crippen LogP contribution >= 0.6 is 0 Å². The molecule has 1 N–H and O–H groups in total. The Balaban J connectivity index is 2.24. The van der Waals surface area contributed by atoms with Crippen molar-refractivity contribution >= 4 is 0 Å². The first-order valence-electron chi connectivity index (χ1n) is 4.66. The van der Waals surface area contributed by atoms with Crippen molar-refractivity contribution in [2.24, 2.45) is 0 Å². The van der Waals surface area contributed by atoms with Crippen LogP contribution in [0.4, 0.5) is 0 Å². The van der Waals surface area contributed by atoms with E-state index in [1.165, 1.54) is 6.42 Å². The maximum Gasteiger partial charge on any atom is 0.0687 e. The van der Waals surface area contributed by atoms with E-state index in [0.717, 1.165) is 26.1 Å². The van der Waals surface area contributed by atoms with Crippen molar-refractivity contribution in [2.45, 2.75) is 38.3 Å². The molecular formula is C10H17NO. The van der Waals surface area contributed by atoms with E-state index < -0.39 is 0 Å². The van der Waals surface area contributed by atoms with Gasteiger partial charge in [0.25, 0.3) is 0 Å². The highest BCUT2D eigenvalue weighted by Crippen LogP contribution is 2.07. The van der Waals surface area contributed by atoms with Gasteiger partial charge in [0.15, 0.2) is 0 Å². The van der Waals surface area contributed by atoms with E-state index in [-0.39, 0.29) is 6.04 Å². The van der Waals surface area contributed by atoms with E-state index >= 15 is 0 Å². The summed E-state index contributed by atoms with van der Waals surface area (Å²) in [5.41, 5.74) is 0. The van der Waals surface area contributed by atoms with Crippen LogP contribution in [-0.2, 0) is 4.74 Å². The average Bonchev–Trinajstić information content (AvgIpc) is 2.16. The minimum absolute atomic E-state index is 0.219. The van der Waals surface area contributed by atoms with Crippen molar-refractivity contribution in [2.75, 3.05) is 13.2 Å². The zero-order valence-corrected chi connectivity index (χ0v) is 7.68. The first-order valence-corrected chi connectivity index (χ1v) is 4.66. The molecule has 1 heterocycles. The van der Waals surface area contributed by atoms with Gasteiger partial charge in [0.05, 0.1) is 12.6 Å². The van der Waals surface area contributed by atoms with E-state index in [1.807, 2.05) is 0 Å². The van der Waals surface area contributed by atoms with Crippen LogP contribution in [0.25, 0.3) is 0 Å². The van der Waals surface area contributed by atoms with Crippen LogP contribution in [0.3, 0.4) is 0 Å². The molecule has 68 valence electrons. The molecule has 0 spiro atoms. The quantitative estimate of drug-likeness (QED) is 0.637. The summed E-state index contributed by atoms with van der Waals surface area (Å²) in [5.74, 6) is 2.73. The zero-order chi connectivity index (χ0) is 8.81. The fraction of sp³-hybridized carbons (Fsp3) is 0.800. The van der Waals surface area contributed by atoms with E-state index in [2.05, 4.69) is 18.2 Å². The van der Waals surface area contributed by atoms with Gasteiger partial charge in [-0.05, 0) is 19.3 Å². The Bertz CT molecular complexity index is 156. The summed E-state index contributed by atoms with van der Waals surface area (Å²) >= 11 is 0. The molecule has 1 saturated heterocycles. The predicted octanol–water partition coefficient (Wildman–Crippen LogP) is 1.17. The van der Waals surface area contributed by atoms with Crippen molar-refractivity contribution in [3.05, 3.63) is 0 Å². The highest BCUT2D eigenvalue weighted by Gasteiger charge is 2.15. The predicted molar refractivity (Wildman–Crippen MR) is 49.9 cm³/mol. The van der Waals surface area contributed by atoms with Crippen LogP contribution < -0.4 is 5.32 Å². The third-order valence-corrected chi connectivity index (χ3v) is 2.21. The van der Waals surface area contributed by atoms with Gasteiger partial charge >= 0.3 is 0 Å². The summed E-state index contributed by atoms with van der Waals surface area (Å²) in [5, 5.41) is 3.39.